The van der Waals surface area contributed by atoms with E-state index >= 15 is 0 Å². The van der Waals surface area contributed by atoms with Gasteiger partial charge in [0.1, 0.15) is 6.04 Å². The summed E-state index contributed by atoms with van der Waals surface area (Å²) in [4.78, 5) is 31.3. The topological polar surface area (TPSA) is 82.5 Å². The molecule has 2 N–H and O–H groups in total. The van der Waals surface area contributed by atoms with Crippen molar-refractivity contribution in [1.82, 2.24) is 10.3 Å². The second-order valence-electron chi connectivity index (χ2n) is 9.27. The average Bonchev–Trinajstić information content (AvgIpc) is 3.41. The number of nitrogens with one attached hydrogen (secondary N) is 1. The monoisotopic (exact) mass is 513 g/mol. The largest absolute Gasteiger partial charge is 0.480 e. The zero-order valence-corrected chi connectivity index (χ0v) is 21.8. The van der Waals surface area contributed by atoms with Crippen LogP contribution in [0.3, 0.4) is 0 Å². The third-order valence-corrected chi connectivity index (χ3v) is 7.06. The highest BCUT2D eigenvalue weighted by Crippen LogP contribution is 2.28. The highest BCUT2D eigenvalue weighted by atomic mass is 32.1. The number of amides is 1. The lowest BCUT2D eigenvalue weighted by atomic mass is 10.0. The van der Waals surface area contributed by atoms with Crippen molar-refractivity contribution >= 4 is 28.3 Å². The molecule has 6 nitrogen and oxygen atoms in total. The molecule has 1 unspecified atom stereocenters. The van der Waals surface area contributed by atoms with Crippen LogP contribution in [0.15, 0.2) is 90.3 Å². The van der Waals surface area contributed by atoms with Gasteiger partial charge in [-0.25, -0.2) is 9.78 Å². The van der Waals surface area contributed by atoms with Crippen molar-refractivity contribution in [3.8, 4) is 11.3 Å². The van der Waals surface area contributed by atoms with E-state index in [1.807, 2.05) is 36.4 Å². The van der Waals surface area contributed by atoms with Gasteiger partial charge >= 0.3 is 5.97 Å². The predicted octanol–water partition coefficient (Wildman–Crippen LogP) is 5.90. The molecule has 1 atom stereocenters. The van der Waals surface area contributed by atoms with Crippen LogP contribution in [0, 0.1) is 5.92 Å². The Balaban J connectivity index is 1.50. The lowest BCUT2D eigenvalue weighted by molar-refractivity contribution is -0.140. The van der Waals surface area contributed by atoms with Crippen molar-refractivity contribution in [3.05, 3.63) is 107 Å². The lowest BCUT2D eigenvalue weighted by Crippen LogP contribution is -2.44. The van der Waals surface area contributed by atoms with Crippen LogP contribution in [0.2, 0.25) is 0 Å². The van der Waals surface area contributed by atoms with Gasteiger partial charge in [0, 0.05) is 29.6 Å². The van der Waals surface area contributed by atoms with Crippen LogP contribution in [-0.2, 0) is 17.8 Å². The van der Waals surface area contributed by atoms with Crippen molar-refractivity contribution in [2.75, 3.05) is 11.4 Å². The van der Waals surface area contributed by atoms with Crippen molar-refractivity contribution in [2.24, 2.45) is 5.92 Å². The molecule has 0 aliphatic heterocycles. The summed E-state index contributed by atoms with van der Waals surface area (Å²) >= 11 is 1.62. The van der Waals surface area contributed by atoms with Crippen LogP contribution >= 0.6 is 11.3 Å². The molecule has 0 saturated carbocycles. The Hall–Kier alpha value is -3.97. The van der Waals surface area contributed by atoms with Crippen molar-refractivity contribution in [3.63, 3.8) is 0 Å². The first-order valence-electron chi connectivity index (χ1n) is 12.3. The summed E-state index contributed by atoms with van der Waals surface area (Å²) in [6.07, 6.45) is 0.882. The number of aromatic nitrogens is 1. The number of carbonyl (C=O) groups is 2. The van der Waals surface area contributed by atoms with Gasteiger partial charge in [-0.1, -0.05) is 86.6 Å². The maximum absolute atomic E-state index is 12.6. The van der Waals surface area contributed by atoms with E-state index in [2.05, 4.69) is 52.0 Å². The first-order chi connectivity index (χ1) is 17.9. The number of carboxylic acids is 1. The molecule has 0 radical (unpaired) electrons. The lowest BCUT2D eigenvalue weighted by Gasteiger charge is -2.22. The molecule has 0 saturated heterocycles. The first kappa shape index (κ1) is 26.1. The minimum Gasteiger partial charge on any atom is -0.480 e. The molecule has 7 heteroatoms. The first-order valence-corrected chi connectivity index (χ1v) is 13.2. The number of rotatable bonds is 11. The van der Waals surface area contributed by atoms with E-state index in [9.17, 15) is 14.7 Å². The second kappa shape index (κ2) is 12.3. The summed E-state index contributed by atoms with van der Waals surface area (Å²) < 4.78 is 0. The molecule has 3 aromatic carbocycles. The molecule has 4 aromatic rings. The van der Waals surface area contributed by atoms with Gasteiger partial charge in [0.05, 0.1) is 5.69 Å². The van der Waals surface area contributed by atoms with Gasteiger partial charge in [-0.15, -0.1) is 11.3 Å². The molecule has 1 aromatic heterocycles. The Labute approximate surface area is 221 Å². The molecule has 1 heterocycles. The number of hydrogen-bond acceptors (Lipinski definition) is 5. The van der Waals surface area contributed by atoms with Crippen LogP contribution in [0.25, 0.3) is 11.3 Å². The SMILES string of the molecule is CC(C)C(NC(=O)c1ccc(CN(CCc2ccccc2)c2nc(-c3ccccc3)cs2)cc1)C(=O)O. The molecule has 0 aliphatic rings. The quantitative estimate of drug-likeness (QED) is 0.261. The number of hydrogen-bond donors (Lipinski definition) is 2. The van der Waals surface area contributed by atoms with Gasteiger partial charge < -0.3 is 15.3 Å². The molecule has 190 valence electrons. The van der Waals surface area contributed by atoms with E-state index in [4.69, 9.17) is 4.98 Å². The van der Waals surface area contributed by atoms with E-state index in [-0.39, 0.29) is 11.8 Å². The predicted molar refractivity (Wildman–Crippen MR) is 149 cm³/mol. The fourth-order valence-corrected chi connectivity index (χ4v) is 4.88. The number of nitrogens with zero attached hydrogens (tertiary/aromatic N) is 2. The number of carbonyl (C=O) groups excluding carboxylic acids is 1. The van der Waals surface area contributed by atoms with Crippen LogP contribution in [0.5, 0.6) is 0 Å². The maximum atomic E-state index is 12.6. The summed E-state index contributed by atoms with van der Waals surface area (Å²) in [5.41, 5.74) is 4.78. The van der Waals surface area contributed by atoms with E-state index in [1.54, 1.807) is 37.3 Å². The smallest absolute Gasteiger partial charge is 0.326 e. The maximum Gasteiger partial charge on any atom is 0.326 e. The van der Waals surface area contributed by atoms with E-state index in [1.165, 1.54) is 5.56 Å². The molecule has 37 heavy (non-hydrogen) atoms. The van der Waals surface area contributed by atoms with Crippen molar-refractivity contribution < 1.29 is 14.7 Å². The third kappa shape index (κ3) is 7.05. The minimum absolute atomic E-state index is 0.210. The average molecular weight is 514 g/mol. The van der Waals surface area contributed by atoms with Crippen LogP contribution in [-0.4, -0.2) is 34.6 Å². The van der Waals surface area contributed by atoms with E-state index < -0.39 is 12.0 Å². The standard InChI is InChI=1S/C30H31N3O3S/c1-21(2)27(29(35)36)32-28(34)25-15-13-23(14-16-25)19-33(18-17-22-9-5-3-6-10-22)30-31-26(20-37-30)24-11-7-4-8-12-24/h3-16,20-21,27H,17-19H2,1-2H3,(H,32,34)(H,35,36). The summed E-state index contributed by atoms with van der Waals surface area (Å²) in [7, 11) is 0. The van der Waals surface area contributed by atoms with Crippen molar-refractivity contribution in [2.45, 2.75) is 32.9 Å². The van der Waals surface area contributed by atoms with Gasteiger partial charge in [0.25, 0.3) is 5.91 Å². The zero-order chi connectivity index (χ0) is 26.2. The third-order valence-electron chi connectivity index (χ3n) is 6.15. The van der Waals surface area contributed by atoms with E-state index in [0.29, 0.717) is 12.1 Å². The van der Waals surface area contributed by atoms with Gasteiger partial charge in [0.15, 0.2) is 5.13 Å². The Morgan fingerprint density at radius 1 is 0.919 bits per heavy atom. The van der Waals surface area contributed by atoms with E-state index in [0.717, 1.165) is 34.9 Å². The summed E-state index contributed by atoms with van der Waals surface area (Å²) in [6.45, 7) is 4.98. The number of thiazole rings is 1. The van der Waals surface area contributed by atoms with Crippen LogP contribution in [0.4, 0.5) is 5.13 Å². The normalized spacial score (nSPS) is 11.8. The number of aliphatic carboxylic acids is 1. The number of carboxylic acid groups (broad SMARTS) is 1. The molecule has 0 aliphatic carbocycles. The molecule has 0 bridgehead atoms. The molecule has 0 fully saturated rings. The summed E-state index contributed by atoms with van der Waals surface area (Å²) in [5.74, 6) is -1.63. The van der Waals surface area contributed by atoms with Gasteiger partial charge in [-0.2, -0.15) is 0 Å². The summed E-state index contributed by atoms with van der Waals surface area (Å²) in [6, 6.07) is 26.9. The minimum atomic E-state index is -1.03. The van der Waals surface area contributed by atoms with Crippen LogP contribution < -0.4 is 10.2 Å². The van der Waals surface area contributed by atoms with Crippen molar-refractivity contribution in [1.29, 1.82) is 0 Å². The Kier molecular flexibility index (Phi) is 8.69. The number of anilines is 1. The van der Waals surface area contributed by atoms with Crippen LogP contribution in [0.1, 0.15) is 35.3 Å². The fraction of sp³-hybridized carbons (Fsp3) is 0.233. The van der Waals surface area contributed by atoms with Gasteiger partial charge in [0.2, 0.25) is 0 Å². The molecule has 0 spiro atoms. The number of benzene rings is 3. The Morgan fingerprint density at radius 3 is 2.19 bits per heavy atom. The molecular formula is C30H31N3O3S. The molecule has 4 rings (SSSR count). The molecular weight excluding hydrogens is 482 g/mol. The highest BCUT2D eigenvalue weighted by molar-refractivity contribution is 7.14. The zero-order valence-electron chi connectivity index (χ0n) is 21.0. The summed E-state index contributed by atoms with van der Waals surface area (Å²) in [5, 5.41) is 15.0. The highest BCUT2D eigenvalue weighted by Gasteiger charge is 2.24. The second-order valence-corrected chi connectivity index (χ2v) is 10.1. The Morgan fingerprint density at radius 2 is 1.57 bits per heavy atom. The Bertz CT molecular complexity index is 1300. The van der Waals surface area contributed by atoms with Gasteiger partial charge in [-0.3, -0.25) is 4.79 Å². The van der Waals surface area contributed by atoms with Gasteiger partial charge in [-0.05, 0) is 35.6 Å². The fourth-order valence-electron chi connectivity index (χ4n) is 4.02. The molecule has 1 amide bonds.